The van der Waals surface area contributed by atoms with Crippen LogP contribution in [0.3, 0.4) is 0 Å². The minimum atomic E-state index is -0.120. The van der Waals surface area contributed by atoms with Gasteiger partial charge in [-0.25, -0.2) is 4.98 Å². The highest BCUT2D eigenvalue weighted by atomic mass is 16.5. The van der Waals surface area contributed by atoms with Crippen LogP contribution in [-0.2, 0) is 24.3 Å². The summed E-state index contributed by atoms with van der Waals surface area (Å²) in [4.78, 5) is 33.3. The van der Waals surface area contributed by atoms with E-state index in [-0.39, 0.29) is 24.4 Å². The maximum atomic E-state index is 12.4. The van der Waals surface area contributed by atoms with Crippen molar-refractivity contribution in [3.8, 4) is 11.4 Å². The third-order valence-corrected chi connectivity index (χ3v) is 4.93. The van der Waals surface area contributed by atoms with E-state index >= 15 is 0 Å². The standard InChI is InChI=1S/C23H23N5O3/c1-3-11-28-19-10-9-17(13-18(19)25-15(2)23(28)30)22-26-21(31-27-22)14-24-20(29)12-16-7-5-4-6-8-16/h4-10,13H,3,11-12,14H2,1-2H3,(H,24,29). The highest BCUT2D eigenvalue weighted by Crippen LogP contribution is 2.21. The van der Waals surface area contributed by atoms with Crippen molar-refractivity contribution in [2.24, 2.45) is 0 Å². The molecule has 31 heavy (non-hydrogen) atoms. The normalized spacial score (nSPS) is 11.0. The molecule has 1 N–H and O–H groups in total. The molecule has 0 unspecified atom stereocenters. The van der Waals surface area contributed by atoms with Gasteiger partial charge in [-0.2, -0.15) is 4.98 Å². The summed E-state index contributed by atoms with van der Waals surface area (Å²) in [6.45, 7) is 4.53. The molecule has 8 heteroatoms. The molecule has 0 radical (unpaired) electrons. The van der Waals surface area contributed by atoms with E-state index in [9.17, 15) is 9.59 Å². The second-order valence-corrected chi connectivity index (χ2v) is 7.31. The Hall–Kier alpha value is -3.81. The fourth-order valence-electron chi connectivity index (χ4n) is 3.42. The zero-order valence-electron chi connectivity index (χ0n) is 17.5. The number of carbonyl (C=O) groups excluding carboxylic acids is 1. The van der Waals surface area contributed by atoms with Gasteiger partial charge in [0.1, 0.15) is 5.69 Å². The minimum absolute atomic E-state index is 0.0739. The van der Waals surface area contributed by atoms with Crippen molar-refractivity contribution in [2.45, 2.75) is 39.8 Å². The lowest BCUT2D eigenvalue weighted by Crippen LogP contribution is -2.24. The van der Waals surface area contributed by atoms with Crippen molar-refractivity contribution in [3.05, 3.63) is 76.0 Å². The van der Waals surface area contributed by atoms with Gasteiger partial charge in [0.15, 0.2) is 0 Å². The summed E-state index contributed by atoms with van der Waals surface area (Å²) < 4.78 is 7.03. The van der Waals surface area contributed by atoms with Gasteiger partial charge in [-0.05, 0) is 37.1 Å². The van der Waals surface area contributed by atoms with Gasteiger partial charge in [0, 0.05) is 12.1 Å². The van der Waals surface area contributed by atoms with Crippen LogP contribution in [0, 0.1) is 6.92 Å². The summed E-state index contributed by atoms with van der Waals surface area (Å²) >= 11 is 0. The van der Waals surface area contributed by atoms with Gasteiger partial charge in [0.05, 0.1) is 24.0 Å². The number of benzene rings is 2. The number of hydrogen-bond donors (Lipinski definition) is 1. The zero-order chi connectivity index (χ0) is 21.8. The molecule has 8 nitrogen and oxygen atoms in total. The molecule has 0 saturated heterocycles. The Morgan fingerprint density at radius 1 is 1.13 bits per heavy atom. The Morgan fingerprint density at radius 3 is 2.71 bits per heavy atom. The van der Waals surface area contributed by atoms with Crippen molar-refractivity contribution in [3.63, 3.8) is 0 Å². The molecule has 0 aliphatic heterocycles. The highest BCUT2D eigenvalue weighted by molar-refractivity contribution is 5.80. The van der Waals surface area contributed by atoms with Crippen molar-refractivity contribution >= 4 is 16.9 Å². The van der Waals surface area contributed by atoms with Crippen LogP contribution in [0.25, 0.3) is 22.4 Å². The Labute approximate surface area is 178 Å². The second-order valence-electron chi connectivity index (χ2n) is 7.31. The first kappa shape index (κ1) is 20.5. The fourth-order valence-corrected chi connectivity index (χ4v) is 3.42. The number of nitrogens with one attached hydrogen (secondary N) is 1. The zero-order valence-corrected chi connectivity index (χ0v) is 17.5. The minimum Gasteiger partial charge on any atom is -0.347 e. The van der Waals surface area contributed by atoms with Crippen LogP contribution in [0.5, 0.6) is 0 Å². The molecule has 2 aromatic heterocycles. The molecule has 0 aliphatic carbocycles. The van der Waals surface area contributed by atoms with Crippen molar-refractivity contribution in [1.82, 2.24) is 25.0 Å². The molecule has 2 aromatic carbocycles. The van der Waals surface area contributed by atoms with Crippen molar-refractivity contribution in [1.29, 1.82) is 0 Å². The Balaban J connectivity index is 1.50. The smallest absolute Gasteiger partial charge is 0.272 e. The maximum absolute atomic E-state index is 12.4. The lowest BCUT2D eigenvalue weighted by Gasteiger charge is -2.10. The fraction of sp³-hybridized carbons (Fsp3) is 0.261. The molecule has 0 spiro atoms. The van der Waals surface area contributed by atoms with E-state index in [1.807, 2.05) is 55.5 Å². The van der Waals surface area contributed by atoms with Gasteiger partial charge in [-0.3, -0.25) is 9.59 Å². The summed E-state index contributed by atoms with van der Waals surface area (Å²) in [5, 5.41) is 6.81. The van der Waals surface area contributed by atoms with Gasteiger partial charge in [-0.1, -0.05) is 42.4 Å². The Bertz CT molecular complexity index is 1280. The quantitative estimate of drug-likeness (QED) is 0.496. The maximum Gasteiger partial charge on any atom is 0.272 e. The van der Waals surface area contributed by atoms with E-state index in [0.717, 1.165) is 23.1 Å². The molecule has 0 atom stereocenters. The van der Waals surface area contributed by atoms with Gasteiger partial charge in [-0.15, -0.1) is 0 Å². The van der Waals surface area contributed by atoms with Crippen LogP contribution in [0.2, 0.25) is 0 Å². The third kappa shape index (κ3) is 4.53. The van der Waals surface area contributed by atoms with Crippen LogP contribution in [0.4, 0.5) is 0 Å². The second kappa shape index (κ2) is 8.91. The number of aromatic nitrogens is 4. The third-order valence-electron chi connectivity index (χ3n) is 4.93. The molecule has 0 aliphatic rings. The van der Waals surface area contributed by atoms with Gasteiger partial charge in [0.25, 0.3) is 5.56 Å². The van der Waals surface area contributed by atoms with E-state index in [4.69, 9.17) is 4.52 Å². The first-order valence-electron chi connectivity index (χ1n) is 10.2. The van der Waals surface area contributed by atoms with Crippen LogP contribution in [-0.4, -0.2) is 25.6 Å². The molecular formula is C23H23N5O3. The van der Waals surface area contributed by atoms with Crippen molar-refractivity contribution < 1.29 is 9.32 Å². The van der Waals surface area contributed by atoms with Crippen LogP contribution in [0.1, 0.15) is 30.5 Å². The predicted molar refractivity (Wildman–Crippen MR) is 116 cm³/mol. The van der Waals surface area contributed by atoms with E-state index < -0.39 is 0 Å². The number of fused-ring (bicyclic) bond motifs is 1. The van der Waals surface area contributed by atoms with Crippen LogP contribution < -0.4 is 10.9 Å². The summed E-state index contributed by atoms with van der Waals surface area (Å²) in [6, 6.07) is 15.0. The SMILES string of the molecule is CCCn1c(=O)c(C)nc2cc(-c3noc(CNC(=O)Cc4ccccc4)n3)ccc21. The van der Waals surface area contributed by atoms with E-state index in [0.29, 0.717) is 29.5 Å². The molecule has 2 heterocycles. The Morgan fingerprint density at radius 2 is 1.94 bits per heavy atom. The molecule has 4 rings (SSSR count). The number of carbonyl (C=O) groups is 1. The lowest BCUT2D eigenvalue weighted by atomic mass is 10.1. The molecule has 158 valence electrons. The van der Waals surface area contributed by atoms with E-state index in [1.165, 1.54) is 0 Å². The number of nitrogens with zero attached hydrogens (tertiary/aromatic N) is 4. The van der Waals surface area contributed by atoms with Gasteiger partial charge in [0.2, 0.25) is 17.6 Å². The number of aryl methyl sites for hydroxylation is 2. The van der Waals surface area contributed by atoms with Gasteiger partial charge >= 0.3 is 0 Å². The number of rotatable bonds is 7. The van der Waals surface area contributed by atoms with E-state index in [1.54, 1.807) is 11.5 Å². The highest BCUT2D eigenvalue weighted by Gasteiger charge is 2.13. The molecule has 4 aromatic rings. The average Bonchev–Trinajstić information content (AvgIpc) is 3.25. The van der Waals surface area contributed by atoms with Crippen LogP contribution in [0.15, 0.2) is 57.8 Å². The average molecular weight is 417 g/mol. The predicted octanol–water partition coefficient (Wildman–Crippen LogP) is 3.02. The summed E-state index contributed by atoms with van der Waals surface area (Å²) in [5.41, 5.74) is 3.52. The summed E-state index contributed by atoms with van der Waals surface area (Å²) in [5.74, 6) is 0.601. The summed E-state index contributed by atoms with van der Waals surface area (Å²) in [6.07, 6.45) is 1.14. The van der Waals surface area contributed by atoms with E-state index in [2.05, 4.69) is 20.4 Å². The summed E-state index contributed by atoms with van der Waals surface area (Å²) in [7, 11) is 0. The molecule has 0 saturated carbocycles. The van der Waals surface area contributed by atoms with Crippen molar-refractivity contribution in [2.75, 3.05) is 0 Å². The topological polar surface area (TPSA) is 103 Å². The van der Waals surface area contributed by atoms with Crippen LogP contribution >= 0.6 is 0 Å². The molecule has 0 bridgehead atoms. The lowest BCUT2D eigenvalue weighted by molar-refractivity contribution is -0.120. The first-order chi connectivity index (χ1) is 15.0. The largest absolute Gasteiger partial charge is 0.347 e. The molecular weight excluding hydrogens is 394 g/mol. The number of amides is 1. The number of hydrogen-bond acceptors (Lipinski definition) is 6. The first-order valence-corrected chi connectivity index (χ1v) is 10.2. The Kier molecular flexibility index (Phi) is 5.88. The monoisotopic (exact) mass is 417 g/mol. The molecule has 1 amide bonds. The van der Waals surface area contributed by atoms with Gasteiger partial charge < -0.3 is 14.4 Å². The molecule has 0 fully saturated rings.